The van der Waals surface area contributed by atoms with Gasteiger partial charge in [0, 0.05) is 13.0 Å². The number of hydrogen-bond donors (Lipinski definition) is 1. The van der Waals surface area contributed by atoms with E-state index >= 15 is 0 Å². The van der Waals surface area contributed by atoms with Gasteiger partial charge in [0.25, 0.3) is 0 Å². The van der Waals surface area contributed by atoms with E-state index in [1.807, 2.05) is 35.9 Å². The first-order valence-corrected chi connectivity index (χ1v) is 8.07. The monoisotopic (exact) mass is 323 g/mol. The zero-order valence-corrected chi connectivity index (χ0v) is 13.4. The Labute approximate surface area is 139 Å². The van der Waals surface area contributed by atoms with Gasteiger partial charge < -0.3 is 9.88 Å². The number of carbonyl (C=O) groups excluding carboxylic acids is 1. The molecule has 0 bridgehead atoms. The molecule has 1 amide bonds. The molecule has 3 aromatic rings. The summed E-state index contributed by atoms with van der Waals surface area (Å²) in [6.07, 6.45) is 0.819. The van der Waals surface area contributed by atoms with Gasteiger partial charge in [-0.15, -0.1) is 0 Å². The molecule has 2 atom stereocenters. The maximum atomic E-state index is 13.0. The number of hydrogen-bond acceptors (Lipinski definition) is 2. The van der Waals surface area contributed by atoms with Gasteiger partial charge in [-0.2, -0.15) is 0 Å². The number of halogens is 1. The lowest BCUT2D eigenvalue weighted by Crippen LogP contribution is -2.26. The van der Waals surface area contributed by atoms with Crippen molar-refractivity contribution in [3.05, 3.63) is 65.7 Å². The molecule has 1 saturated carbocycles. The fourth-order valence-electron chi connectivity index (χ4n) is 3.21. The maximum absolute atomic E-state index is 13.0. The zero-order chi connectivity index (χ0) is 16.7. The smallest absolute Gasteiger partial charge is 0.224 e. The van der Waals surface area contributed by atoms with Crippen molar-refractivity contribution in [3.8, 4) is 0 Å². The van der Waals surface area contributed by atoms with Gasteiger partial charge >= 0.3 is 0 Å². The van der Waals surface area contributed by atoms with Crippen LogP contribution in [0.15, 0.2) is 48.5 Å². The molecule has 1 aliphatic carbocycles. The molecule has 1 aromatic heterocycles. The van der Waals surface area contributed by atoms with Crippen molar-refractivity contribution in [2.75, 3.05) is 0 Å². The van der Waals surface area contributed by atoms with E-state index in [4.69, 9.17) is 0 Å². The van der Waals surface area contributed by atoms with Crippen LogP contribution < -0.4 is 5.32 Å². The Morgan fingerprint density at radius 3 is 2.75 bits per heavy atom. The molecule has 2 aromatic carbocycles. The number of amides is 1. The lowest BCUT2D eigenvalue weighted by atomic mass is 10.1. The van der Waals surface area contributed by atoms with Crippen molar-refractivity contribution in [2.24, 2.45) is 13.0 Å². The molecule has 1 aliphatic rings. The van der Waals surface area contributed by atoms with Crippen LogP contribution in [0.1, 0.15) is 23.7 Å². The van der Waals surface area contributed by atoms with Crippen LogP contribution in [-0.4, -0.2) is 15.5 Å². The van der Waals surface area contributed by atoms with Crippen molar-refractivity contribution in [1.82, 2.24) is 14.9 Å². The molecule has 2 unspecified atom stereocenters. The maximum Gasteiger partial charge on any atom is 0.224 e. The van der Waals surface area contributed by atoms with Crippen LogP contribution in [0.2, 0.25) is 0 Å². The first kappa shape index (κ1) is 14.9. The number of aryl methyl sites for hydroxylation is 1. The first-order valence-electron chi connectivity index (χ1n) is 8.07. The molecule has 4 nitrogen and oxygen atoms in total. The van der Waals surface area contributed by atoms with E-state index in [0.717, 1.165) is 28.8 Å². The highest BCUT2D eigenvalue weighted by Gasteiger charge is 2.43. The SMILES string of the molecule is Cn1c(CNC(=O)C2CC2c2ccc(F)cc2)nc2ccccc21. The topological polar surface area (TPSA) is 46.9 Å². The van der Waals surface area contributed by atoms with E-state index in [1.54, 1.807) is 12.1 Å². The van der Waals surface area contributed by atoms with Gasteiger partial charge in [-0.25, -0.2) is 9.37 Å². The van der Waals surface area contributed by atoms with Gasteiger partial charge in [-0.05, 0) is 42.2 Å². The van der Waals surface area contributed by atoms with Crippen molar-refractivity contribution in [3.63, 3.8) is 0 Å². The highest BCUT2D eigenvalue weighted by Crippen LogP contribution is 2.47. The fraction of sp³-hybridized carbons (Fsp3) is 0.263. The van der Waals surface area contributed by atoms with Gasteiger partial charge in [-0.3, -0.25) is 4.79 Å². The third kappa shape index (κ3) is 2.66. The average Bonchev–Trinajstić information content (AvgIpc) is 3.33. The minimum atomic E-state index is -0.248. The summed E-state index contributed by atoms with van der Waals surface area (Å²) in [5.41, 5.74) is 3.01. The Morgan fingerprint density at radius 1 is 1.25 bits per heavy atom. The summed E-state index contributed by atoms with van der Waals surface area (Å²) in [6, 6.07) is 14.3. The molecule has 5 heteroatoms. The molecular weight excluding hydrogens is 305 g/mol. The minimum Gasteiger partial charge on any atom is -0.349 e. The quantitative estimate of drug-likeness (QED) is 0.802. The highest BCUT2D eigenvalue weighted by atomic mass is 19.1. The predicted octanol–water partition coefficient (Wildman–Crippen LogP) is 3.13. The molecule has 0 radical (unpaired) electrons. The molecule has 4 rings (SSSR count). The standard InChI is InChI=1S/C19H18FN3O/c1-23-17-5-3-2-4-16(17)22-18(23)11-21-19(24)15-10-14(15)12-6-8-13(20)9-7-12/h2-9,14-15H,10-11H2,1H3,(H,21,24). The van der Waals surface area contributed by atoms with Crippen molar-refractivity contribution >= 4 is 16.9 Å². The molecule has 1 N–H and O–H groups in total. The minimum absolute atomic E-state index is 0.0230. The van der Waals surface area contributed by atoms with Crippen molar-refractivity contribution in [2.45, 2.75) is 18.9 Å². The van der Waals surface area contributed by atoms with Gasteiger partial charge in [0.2, 0.25) is 5.91 Å². The van der Waals surface area contributed by atoms with E-state index in [2.05, 4.69) is 10.3 Å². The molecule has 1 fully saturated rings. The lowest BCUT2D eigenvalue weighted by Gasteiger charge is -2.06. The Balaban J connectivity index is 1.40. The Kier molecular flexibility index (Phi) is 3.56. The van der Waals surface area contributed by atoms with E-state index in [0.29, 0.717) is 6.54 Å². The van der Waals surface area contributed by atoms with E-state index in [1.165, 1.54) is 12.1 Å². The molecule has 122 valence electrons. The van der Waals surface area contributed by atoms with E-state index < -0.39 is 0 Å². The fourth-order valence-corrected chi connectivity index (χ4v) is 3.21. The number of para-hydroxylation sites is 2. The molecule has 24 heavy (non-hydrogen) atoms. The number of rotatable bonds is 4. The van der Waals surface area contributed by atoms with Crippen LogP contribution in [0.4, 0.5) is 4.39 Å². The van der Waals surface area contributed by atoms with Gasteiger partial charge in [0.1, 0.15) is 11.6 Å². The van der Waals surface area contributed by atoms with Crippen LogP contribution in [0.5, 0.6) is 0 Å². The number of aromatic nitrogens is 2. The Morgan fingerprint density at radius 2 is 2.00 bits per heavy atom. The van der Waals surface area contributed by atoms with Crippen LogP contribution in [-0.2, 0) is 18.4 Å². The third-order valence-corrected chi connectivity index (χ3v) is 4.73. The van der Waals surface area contributed by atoms with Crippen LogP contribution in [0.3, 0.4) is 0 Å². The van der Waals surface area contributed by atoms with Gasteiger partial charge in [-0.1, -0.05) is 24.3 Å². The molecule has 0 saturated heterocycles. The number of benzene rings is 2. The Hall–Kier alpha value is -2.69. The van der Waals surface area contributed by atoms with Crippen LogP contribution in [0.25, 0.3) is 11.0 Å². The molecule has 0 aliphatic heterocycles. The second-order valence-electron chi connectivity index (χ2n) is 6.29. The highest BCUT2D eigenvalue weighted by molar-refractivity contribution is 5.83. The number of carbonyl (C=O) groups is 1. The van der Waals surface area contributed by atoms with E-state index in [-0.39, 0.29) is 23.6 Å². The van der Waals surface area contributed by atoms with Crippen LogP contribution >= 0.6 is 0 Å². The number of nitrogens with one attached hydrogen (secondary N) is 1. The normalized spacial score (nSPS) is 19.4. The number of imidazole rings is 1. The van der Waals surface area contributed by atoms with Crippen molar-refractivity contribution < 1.29 is 9.18 Å². The zero-order valence-electron chi connectivity index (χ0n) is 13.4. The average molecular weight is 323 g/mol. The predicted molar refractivity (Wildman–Crippen MR) is 89.8 cm³/mol. The first-order chi connectivity index (χ1) is 11.6. The number of fused-ring (bicyclic) bond motifs is 1. The van der Waals surface area contributed by atoms with Crippen LogP contribution in [0, 0.1) is 11.7 Å². The summed E-state index contributed by atoms with van der Waals surface area (Å²) in [6.45, 7) is 0.413. The summed E-state index contributed by atoms with van der Waals surface area (Å²) >= 11 is 0. The Bertz CT molecular complexity index is 901. The third-order valence-electron chi connectivity index (χ3n) is 4.73. The number of nitrogens with zero attached hydrogens (tertiary/aromatic N) is 2. The summed E-state index contributed by atoms with van der Waals surface area (Å²) in [5, 5.41) is 2.98. The van der Waals surface area contributed by atoms with E-state index in [9.17, 15) is 9.18 Å². The van der Waals surface area contributed by atoms with Gasteiger partial charge in [0.15, 0.2) is 0 Å². The summed E-state index contributed by atoms with van der Waals surface area (Å²) in [7, 11) is 1.95. The summed E-state index contributed by atoms with van der Waals surface area (Å²) in [5.74, 6) is 0.804. The largest absolute Gasteiger partial charge is 0.349 e. The molecule has 1 heterocycles. The van der Waals surface area contributed by atoms with Crippen molar-refractivity contribution in [1.29, 1.82) is 0 Å². The lowest BCUT2D eigenvalue weighted by molar-refractivity contribution is -0.122. The molecule has 0 spiro atoms. The summed E-state index contributed by atoms with van der Waals surface area (Å²) < 4.78 is 15.0. The second kappa shape index (κ2) is 5.74. The summed E-state index contributed by atoms with van der Waals surface area (Å²) in [4.78, 5) is 16.9. The molecular formula is C19H18FN3O. The second-order valence-corrected chi connectivity index (χ2v) is 6.29. The van der Waals surface area contributed by atoms with Gasteiger partial charge in [0.05, 0.1) is 17.6 Å².